The van der Waals surface area contributed by atoms with Crippen molar-refractivity contribution in [3.05, 3.63) is 23.8 Å². The van der Waals surface area contributed by atoms with Gasteiger partial charge in [0.15, 0.2) is 0 Å². The maximum Gasteiger partial charge on any atom is 0.226 e. The predicted molar refractivity (Wildman–Crippen MR) is 109 cm³/mol. The summed E-state index contributed by atoms with van der Waals surface area (Å²) >= 11 is 0. The summed E-state index contributed by atoms with van der Waals surface area (Å²) in [6, 6.07) is 6.28. The van der Waals surface area contributed by atoms with Gasteiger partial charge in [-0.2, -0.15) is 4.99 Å². The summed E-state index contributed by atoms with van der Waals surface area (Å²) in [6.45, 7) is 2.67. The van der Waals surface area contributed by atoms with Crippen molar-refractivity contribution < 1.29 is 4.79 Å². The third kappa shape index (κ3) is 3.05. The number of aryl methyl sites for hydroxylation is 1. The highest BCUT2D eigenvalue weighted by Gasteiger charge is 2.42. The van der Waals surface area contributed by atoms with E-state index in [1.807, 2.05) is 16.7 Å². The van der Waals surface area contributed by atoms with Crippen LogP contribution in [0.1, 0.15) is 57.4 Å². The van der Waals surface area contributed by atoms with Gasteiger partial charge in [0.25, 0.3) is 0 Å². The molecule has 27 heavy (non-hydrogen) atoms. The summed E-state index contributed by atoms with van der Waals surface area (Å²) in [7, 11) is 0. The summed E-state index contributed by atoms with van der Waals surface area (Å²) < 4.78 is 0. The van der Waals surface area contributed by atoms with E-state index in [4.69, 9.17) is 16.5 Å². The molecule has 1 amide bonds. The number of hydrogen-bond acceptors (Lipinski definition) is 6. The lowest BCUT2D eigenvalue weighted by Crippen LogP contribution is -2.58. The second kappa shape index (κ2) is 6.87. The number of nitrogens with zero attached hydrogens (tertiary/aromatic N) is 4. The predicted octanol–water partition coefficient (Wildman–Crippen LogP) is 2.49. The van der Waals surface area contributed by atoms with Gasteiger partial charge in [-0.25, -0.2) is 4.99 Å². The lowest BCUT2D eigenvalue weighted by molar-refractivity contribution is -0.118. The van der Waals surface area contributed by atoms with Crippen LogP contribution in [0.4, 0.5) is 11.4 Å². The molecule has 0 saturated heterocycles. The van der Waals surface area contributed by atoms with Gasteiger partial charge in [0.1, 0.15) is 5.66 Å². The summed E-state index contributed by atoms with van der Waals surface area (Å²) in [5, 5.41) is 0. The van der Waals surface area contributed by atoms with Crippen LogP contribution in [0.3, 0.4) is 0 Å². The van der Waals surface area contributed by atoms with E-state index in [-0.39, 0.29) is 11.9 Å². The first-order valence-electron chi connectivity index (χ1n) is 9.97. The van der Waals surface area contributed by atoms with E-state index in [0.717, 1.165) is 56.4 Å². The number of nitrogens with two attached hydrogens (primary N) is 2. The van der Waals surface area contributed by atoms with Crippen LogP contribution in [-0.4, -0.2) is 30.0 Å². The number of amides is 1. The van der Waals surface area contributed by atoms with Crippen LogP contribution >= 0.6 is 0 Å². The van der Waals surface area contributed by atoms with Crippen LogP contribution in [0.2, 0.25) is 0 Å². The van der Waals surface area contributed by atoms with Crippen LogP contribution in [-0.2, 0) is 11.2 Å². The van der Waals surface area contributed by atoms with Crippen molar-refractivity contribution in [3.8, 4) is 0 Å². The van der Waals surface area contributed by atoms with E-state index in [2.05, 4.69) is 23.2 Å². The molecule has 3 aliphatic rings. The lowest BCUT2D eigenvalue weighted by atomic mass is 9.87. The first kappa shape index (κ1) is 17.8. The Kier molecular flexibility index (Phi) is 4.53. The summed E-state index contributed by atoms with van der Waals surface area (Å²) in [5.41, 5.74) is 15.0. The quantitative estimate of drug-likeness (QED) is 0.837. The van der Waals surface area contributed by atoms with Crippen molar-refractivity contribution in [1.82, 2.24) is 0 Å². The molecule has 7 heteroatoms. The van der Waals surface area contributed by atoms with Gasteiger partial charge in [-0.05, 0) is 56.2 Å². The van der Waals surface area contributed by atoms with E-state index < -0.39 is 5.66 Å². The van der Waals surface area contributed by atoms with Crippen molar-refractivity contribution in [1.29, 1.82) is 0 Å². The summed E-state index contributed by atoms with van der Waals surface area (Å²) in [6.07, 6.45) is 7.67. The zero-order chi connectivity index (χ0) is 19.0. The number of carbonyl (C=O) groups excluding carboxylic acids is 1. The molecule has 1 aromatic carbocycles. The van der Waals surface area contributed by atoms with Crippen molar-refractivity contribution in [2.75, 3.05) is 16.3 Å². The van der Waals surface area contributed by atoms with Crippen molar-refractivity contribution in [2.45, 2.75) is 64.0 Å². The number of fused-ring (bicyclic) bond motifs is 1. The molecule has 1 aliphatic carbocycles. The van der Waals surface area contributed by atoms with E-state index in [9.17, 15) is 4.79 Å². The number of benzene rings is 1. The van der Waals surface area contributed by atoms with Gasteiger partial charge in [-0.3, -0.25) is 9.69 Å². The molecule has 1 saturated carbocycles. The third-order valence-corrected chi connectivity index (χ3v) is 5.90. The number of aliphatic imine (C=N–C) groups is 2. The zero-order valence-electron chi connectivity index (χ0n) is 15.9. The Hall–Kier alpha value is -2.57. The molecule has 0 radical (unpaired) electrons. The first-order chi connectivity index (χ1) is 13.0. The monoisotopic (exact) mass is 368 g/mol. The molecule has 2 aliphatic heterocycles. The molecule has 1 fully saturated rings. The summed E-state index contributed by atoms with van der Waals surface area (Å²) in [5.74, 6) is 0.794. The Morgan fingerprint density at radius 2 is 1.96 bits per heavy atom. The van der Waals surface area contributed by atoms with E-state index in [1.165, 1.54) is 12.0 Å². The van der Waals surface area contributed by atoms with Gasteiger partial charge < -0.3 is 16.4 Å². The number of anilines is 2. The highest BCUT2D eigenvalue weighted by molar-refractivity contribution is 6.06. The van der Waals surface area contributed by atoms with E-state index in [0.29, 0.717) is 12.4 Å². The minimum Gasteiger partial charge on any atom is -0.369 e. The van der Waals surface area contributed by atoms with Gasteiger partial charge in [-0.1, -0.05) is 19.4 Å². The maximum absolute atomic E-state index is 12.4. The van der Waals surface area contributed by atoms with E-state index in [1.54, 1.807) is 0 Å². The molecule has 0 aromatic heterocycles. The smallest absolute Gasteiger partial charge is 0.226 e. The van der Waals surface area contributed by atoms with Crippen LogP contribution in [0, 0.1) is 0 Å². The Balaban J connectivity index is 1.78. The molecule has 0 bridgehead atoms. The fourth-order valence-corrected chi connectivity index (χ4v) is 4.65. The molecular weight excluding hydrogens is 340 g/mol. The average Bonchev–Trinajstić information content (AvgIpc) is 2.66. The lowest BCUT2D eigenvalue weighted by Gasteiger charge is -2.46. The van der Waals surface area contributed by atoms with Crippen molar-refractivity contribution >= 4 is 29.2 Å². The van der Waals surface area contributed by atoms with Crippen molar-refractivity contribution in [3.63, 3.8) is 0 Å². The fourth-order valence-electron chi connectivity index (χ4n) is 4.65. The third-order valence-electron chi connectivity index (χ3n) is 5.90. The van der Waals surface area contributed by atoms with Crippen molar-refractivity contribution in [2.24, 2.45) is 21.5 Å². The highest BCUT2D eigenvalue weighted by atomic mass is 16.2. The maximum atomic E-state index is 12.4. The van der Waals surface area contributed by atoms with E-state index >= 15 is 0 Å². The van der Waals surface area contributed by atoms with Crippen LogP contribution in [0.15, 0.2) is 28.2 Å². The van der Waals surface area contributed by atoms with Crippen LogP contribution in [0.25, 0.3) is 0 Å². The largest absolute Gasteiger partial charge is 0.369 e. The number of carbonyl (C=O) groups is 1. The van der Waals surface area contributed by atoms with Gasteiger partial charge in [0.2, 0.25) is 17.8 Å². The van der Waals surface area contributed by atoms with Crippen LogP contribution in [0.5, 0.6) is 0 Å². The molecule has 4 rings (SSSR count). The first-order valence-corrected chi connectivity index (χ1v) is 9.97. The topological polar surface area (TPSA) is 100 Å². The second-order valence-electron chi connectivity index (χ2n) is 7.63. The SMILES string of the molecule is CCC(=O)N1CCCc2ccc(N3C(N)=NC(N)=NC34CCCCC4)cc21. The molecule has 2 heterocycles. The summed E-state index contributed by atoms with van der Waals surface area (Å²) in [4.78, 5) is 25.4. The highest BCUT2D eigenvalue weighted by Crippen LogP contribution is 2.41. The molecule has 144 valence electrons. The molecule has 7 nitrogen and oxygen atoms in total. The molecule has 0 atom stereocenters. The Labute approximate surface area is 160 Å². The van der Waals surface area contributed by atoms with Gasteiger partial charge >= 0.3 is 0 Å². The fraction of sp³-hybridized carbons (Fsp3) is 0.550. The molecule has 1 aromatic rings. The van der Waals surface area contributed by atoms with Crippen LogP contribution < -0.4 is 21.3 Å². The number of hydrogen-bond donors (Lipinski definition) is 2. The van der Waals surface area contributed by atoms with Gasteiger partial charge in [0.05, 0.1) is 0 Å². The number of rotatable bonds is 2. The average molecular weight is 368 g/mol. The molecule has 1 spiro atoms. The van der Waals surface area contributed by atoms with Gasteiger partial charge in [-0.15, -0.1) is 0 Å². The Morgan fingerprint density at radius 1 is 1.19 bits per heavy atom. The zero-order valence-corrected chi connectivity index (χ0v) is 15.9. The minimum absolute atomic E-state index is 0.156. The molecular formula is C20H28N6O. The molecule has 4 N–H and O–H groups in total. The second-order valence-corrected chi connectivity index (χ2v) is 7.63. The Bertz CT molecular complexity index is 809. The number of guanidine groups is 2. The Morgan fingerprint density at radius 3 is 2.70 bits per heavy atom. The standard InChI is InChI=1S/C20H28N6O/c1-2-17(27)25-12-6-7-14-8-9-15(13-16(14)25)26-19(22)23-18(21)24-20(26)10-4-3-5-11-20/h8-9,13H,2-7,10-12H2,1H3,(H4,21,22,23,24). The normalized spacial score (nSPS) is 21.5. The molecule has 0 unspecified atom stereocenters. The minimum atomic E-state index is -0.462. The van der Waals surface area contributed by atoms with Gasteiger partial charge in [0, 0.05) is 24.3 Å².